The van der Waals surface area contributed by atoms with Gasteiger partial charge in [0, 0.05) is 18.5 Å². The third-order valence-electron chi connectivity index (χ3n) is 4.56. The largest absolute Gasteiger partial charge is 0.449 e. The number of carbonyl (C=O) groups excluding carboxylic acids is 1. The van der Waals surface area contributed by atoms with Crippen LogP contribution in [0.2, 0.25) is 0 Å². The van der Waals surface area contributed by atoms with Crippen LogP contribution in [0.1, 0.15) is 22.0 Å². The van der Waals surface area contributed by atoms with Crippen molar-refractivity contribution >= 4 is 32.6 Å². The van der Waals surface area contributed by atoms with Gasteiger partial charge in [-0.25, -0.2) is 8.42 Å². The number of sulfonamides is 1. The molecular weight excluding hydrogens is 386 g/mol. The van der Waals surface area contributed by atoms with Gasteiger partial charge >= 0.3 is 0 Å². The number of furan rings is 1. The molecule has 3 aromatic rings. The fourth-order valence-electron chi connectivity index (χ4n) is 3.25. The zero-order valence-corrected chi connectivity index (χ0v) is 16.2. The van der Waals surface area contributed by atoms with Crippen molar-refractivity contribution in [3.8, 4) is 0 Å². The molecule has 1 fully saturated rings. The lowest BCUT2D eigenvalue weighted by atomic mass is 10.2. The molecular formula is C18H19N3O6S. The van der Waals surface area contributed by atoms with Crippen LogP contribution in [0.15, 0.2) is 38.1 Å². The summed E-state index contributed by atoms with van der Waals surface area (Å²) in [5.74, 6) is -0.284. The van der Waals surface area contributed by atoms with E-state index >= 15 is 0 Å². The van der Waals surface area contributed by atoms with Crippen molar-refractivity contribution in [2.75, 3.05) is 31.0 Å². The number of nitrogens with zero attached hydrogens (tertiary/aromatic N) is 2. The molecule has 10 heteroatoms. The number of benzene rings is 1. The summed E-state index contributed by atoms with van der Waals surface area (Å²) in [5, 5.41) is 4.19. The lowest BCUT2D eigenvalue weighted by Gasteiger charge is -2.26. The van der Waals surface area contributed by atoms with Crippen LogP contribution in [0.3, 0.4) is 0 Å². The summed E-state index contributed by atoms with van der Waals surface area (Å²) in [5.41, 5.74) is 0.751. The number of aromatic nitrogens is 1. The number of nitrogens with one attached hydrogen (secondary N) is 1. The normalized spacial score (nSPS) is 15.1. The summed E-state index contributed by atoms with van der Waals surface area (Å²) < 4.78 is 44.5. The Hall–Kier alpha value is -2.85. The van der Waals surface area contributed by atoms with E-state index in [2.05, 4.69) is 9.88 Å². The van der Waals surface area contributed by atoms with E-state index in [-0.39, 0.29) is 27.8 Å². The molecule has 0 spiro atoms. The predicted octanol–water partition coefficient (Wildman–Crippen LogP) is 2.31. The summed E-state index contributed by atoms with van der Waals surface area (Å²) in [4.78, 5) is 14.5. The third-order valence-corrected chi connectivity index (χ3v) is 6.15. The average molecular weight is 405 g/mol. The first-order valence-corrected chi connectivity index (χ1v) is 10.2. The number of aryl methyl sites for hydroxylation is 2. The highest BCUT2D eigenvalue weighted by Gasteiger charge is 2.31. The molecule has 0 saturated carbocycles. The van der Waals surface area contributed by atoms with Gasteiger partial charge in [-0.05, 0) is 26.0 Å². The maximum atomic E-state index is 13.0. The summed E-state index contributed by atoms with van der Waals surface area (Å²) in [6.45, 7) is 4.72. The molecule has 0 atom stereocenters. The number of morpholine rings is 1. The van der Waals surface area contributed by atoms with Gasteiger partial charge in [-0.15, -0.1) is 0 Å². The number of rotatable bonds is 4. The standard InChI is InChI=1S/C18H19N3O6S/c1-11-17(12(2)27-19-11)28(23,24)20-15-13-5-3-4-6-14(13)26-16(15)18(22)21-7-9-25-10-8-21/h3-6,20H,7-10H2,1-2H3. The van der Waals surface area contributed by atoms with Gasteiger partial charge in [0.25, 0.3) is 15.9 Å². The highest BCUT2D eigenvalue weighted by Crippen LogP contribution is 2.34. The van der Waals surface area contributed by atoms with Crippen LogP contribution in [-0.2, 0) is 14.8 Å². The Kier molecular flexibility index (Phi) is 4.60. The Labute approximate surface area is 161 Å². The van der Waals surface area contributed by atoms with E-state index in [1.165, 1.54) is 6.92 Å². The number of hydrogen-bond donors (Lipinski definition) is 1. The van der Waals surface area contributed by atoms with Crippen LogP contribution in [0.5, 0.6) is 0 Å². The minimum Gasteiger partial charge on any atom is -0.449 e. The van der Waals surface area contributed by atoms with E-state index < -0.39 is 15.9 Å². The van der Waals surface area contributed by atoms with E-state index in [1.54, 1.807) is 36.1 Å². The number of ether oxygens (including phenoxy) is 1. The van der Waals surface area contributed by atoms with Crippen molar-refractivity contribution in [1.82, 2.24) is 10.1 Å². The maximum absolute atomic E-state index is 13.0. The fourth-order valence-corrected chi connectivity index (χ4v) is 4.67. The predicted molar refractivity (Wildman–Crippen MR) is 99.7 cm³/mol. The van der Waals surface area contributed by atoms with E-state index in [1.807, 2.05) is 0 Å². The molecule has 0 radical (unpaired) electrons. The zero-order valence-electron chi connectivity index (χ0n) is 15.4. The lowest BCUT2D eigenvalue weighted by molar-refractivity contribution is 0.0285. The third kappa shape index (κ3) is 3.14. The quantitative estimate of drug-likeness (QED) is 0.708. The molecule has 0 aliphatic carbocycles. The Balaban J connectivity index is 1.80. The van der Waals surface area contributed by atoms with Crippen molar-refractivity contribution in [3.63, 3.8) is 0 Å². The van der Waals surface area contributed by atoms with Crippen molar-refractivity contribution in [2.45, 2.75) is 18.7 Å². The summed E-state index contributed by atoms with van der Waals surface area (Å²) in [7, 11) is -4.04. The van der Waals surface area contributed by atoms with Crippen molar-refractivity contribution in [1.29, 1.82) is 0 Å². The Morgan fingerprint density at radius 3 is 2.57 bits per heavy atom. The topological polar surface area (TPSA) is 115 Å². The molecule has 4 rings (SSSR count). The highest BCUT2D eigenvalue weighted by molar-refractivity contribution is 7.92. The number of hydrogen-bond acceptors (Lipinski definition) is 7. The molecule has 28 heavy (non-hydrogen) atoms. The summed E-state index contributed by atoms with van der Waals surface area (Å²) in [6.07, 6.45) is 0. The van der Waals surface area contributed by atoms with Crippen LogP contribution in [0, 0.1) is 13.8 Å². The smallest absolute Gasteiger partial charge is 0.291 e. The minimum atomic E-state index is -4.04. The van der Waals surface area contributed by atoms with Crippen LogP contribution < -0.4 is 4.72 Å². The van der Waals surface area contributed by atoms with E-state index in [0.29, 0.717) is 37.3 Å². The van der Waals surface area contributed by atoms with Crippen LogP contribution in [-0.4, -0.2) is 50.7 Å². The monoisotopic (exact) mass is 405 g/mol. The Bertz CT molecular complexity index is 1120. The molecule has 1 aromatic carbocycles. The molecule has 0 unspecified atom stereocenters. The molecule has 1 aliphatic heterocycles. The molecule has 1 N–H and O–H groups in total. The van der Waals surface area contributed by atoms with Crippen LogP contribution in [0.4, 0.5) is 5.69 Å². The van der Waals surface area contributed by atoms with Crippen LogP contribution in [0.25, 0.3) is 11.0 Å². The first-order valence-electron chi connectivity index (χ1n) is 8.73. The van der Waals surface area contributed by atoms with Gasteiger partial charge in [0.05, 0.1) is 13.2 Å². The van der Waals surface area contributed by atoms with Gasteiger partial charge in [-0.3, -0.25) is 9.52 Å². The van der Waals surface area contributed by atoms with E-state index in [0.717, 1.165) is 0 Å². The molecule has 9 nitrogen and oxygen atoms in total. The van der Waals surface area contributed by atoms with Gasteiger partial charge in [0.15, 0.2) is 10.7 Å². The molecule has 1 aliphatic rings. The second kappa shape index (κ2) is 6.95. The van der Waals surface area contributed by atoms with E-state index in [9.17, 15) is 13.2 Å². The van der Waals surface area contributed by atoms with Gasteiger partial charge in [0.1, 0.15) is 17.0 Å². The number of para-hydroxylation sites is 1. The summed E-state index contributed by atoms with van der Waals surface area (Å²) in [6, 6.07) is 6.87. The Morgan fingerprint density at radius 1 is 1.18 bits per heavy atom. The minimum absolute atomic E-state index is 0.0532. The van der Waals surface area contributed by atoms with E-state index in [4.69, 9.17) is 13.7 Å². The number of fused-ring (bicyclic) bond motifs is 1. The second-order valence-electron chi connectivity index (χ2n) is 6.47. The van der Waals surface area contributed by atoms with Crippen LogP contribution >= 0.6 is 0 Å². The number of carbonyl (C=O) groups is 1. The lowest BCUT2D eigenvalue weighted by Crippen LogP contribution is -2.40. The first kappa shape index (κ1) is 18.5. The maximum Gasteiger partial charge on any atom is 0.291 e. The van der Waals surface area contributed by atoms with Gasteiger partial charge in [-0.2, -0.15) is 0 Å². The molecule has 2 aromatic heterocycles. The van der Waals surface area contributed by atoms with Crippen molar-refractivity contribution in [3.05, 3.63) is 41.5 Å². The summed E-state index contributed by atoms with van der Waals surface area (Å²) >= 11 is 0. The van der Waals surface area contributed by atoms with Gasteiger partial charge in [-0.1, -0.05) is 17.3 Å². The molecule has 148 valence electrons. The molecule has 0 bridgehead atoms. The fraction of sp³-hybridized carbons (Fsp3) is 0.333. The first-order chi connectivity index (χ1) is 13.4. The van der Waals surface area contributed by atoms with Crippen molar-refractivity contribution in [2.24, 2.45) is 0 Å². The van der Waals surface area contributed by atoms with Gasteiger partial charge < -0.3 is 18.6 Å². The number of amides is 1. The molecule has 3 heterocycles. The van der Waals surface area contributed by atoms with Gasteiger partial charge in [0.2, 0.25) is 5.76 Å². The second-order valence-corrected chi connectivity index (χ2v) is 8.08. The number of anilines is 1. The zero-order chi connectivity index (χ0) is 19.9. The Morgan fingerprint density at radius 2 is 1.89 bits per heavy atom. The SMILES string of the molecule is Cc1noc(C)c1S(=O)(=O)Nc1c(C(=O)N2CCOCC2)oc2ccccc12. The highest BCUT2D eigenvalue weighted by atomic mass is 32.2. The molecule has 1 saturated heterocycles. The molecule has 1 amide bonds. The average Bonchev–Trinajstić information content (AvgIpc) is 3.22. The van der Waals surface area contributed by atoms with Crippen molar-refractivity contribution < 1.29 is 26.9 Å².